The fourth-order valence-corrected chi connectivity index (χ4v) is 5.75. The molecule has 2 aromatic carbocycles. The highest BCUT2D eigenvalue weighted by atomic mass is 16.2. The van der Waals surface area contributed by atoms with Crippen LogP contribution in [0.5, 0.6) is 0 Å². The second kappa shape index (κ2) is 9.90. The van der Waals surface area contributed by atoms with E-state index in [1.807, 2.05) is 37.3 Å². The molecule has 2 saturated heterocycles. The Hall–Kier alpha value is -3.45. The molecule has 0 saturated carbocycles. The molecule has 0 bridgehead atoms. The van der Waals surface area contributed by atoms with Gasteiger partial charge in [0.1, 0.15) is 12.1 Å². The first-order valence-corrected chi connectivity index (χ1v) is 12.8. The summed E-state index contributed by atoms with van der Waals surface area (Å²) < 4.78 is 0. The lowest BCUT2D eigenvalue weighted by Crippen LogP contribution is -2.56. The van der Waals surface area contributed by atoms with Gasteiger partial charge in [0.2, 0.25) is 17.7 Å². The van der Waals surface area contributed by atoms with E-state index in [0.29, 0.717) is 12.8 Å². The second-order valence-corrected chi connectivity index (χ2v) is 10.2. The minimum Gasteiger partial charge on any atom is -0.348 e. The van der Waals surface area contributed by atoms with Crippen LogP contribution in [0.1, 0.15) is 44.7 Å². The zero-order valence-corrected chi connectivity index (χ0v) is 21.0. The maximum atomic E-state index is 13.8. The minimum atomic E-state index is -0.639. The number of carbonyl (C=O) groups is 3. The predicted molar refractivity (Wildman–Crippen MR) is 140 cm³/mol. The lowest BCUT2D eigenvalue weighted by atomic mass is 9.86. The van der Waals surface area contributed by atoms with Crippen LogP contribution < -0.4 is 16.0 Å². The van der Waals surface area contributed by atoms with Crippen LogP contribution in [-0.2, 0) is 14.4 Å². The molecular formula is C29H34N4O3. The van der Waals surface area contributed by atoms with Gasteiger partial charge in [-0.05, 0) is 61.7 Å². The number of hydrogen-bond acceptors (Lipinski definition) is 4. The molecule has 7 nitrogen and oxygen atoms in total. The van der Waals surface area contributed by atoms with Gasteiger partial charge in [0.05, 0.1) is 18.1 Å². The number of likely N-dealkylation sites (N-methyl/N-ethyl adjacent to an activating group) is 1. The summed E-state index contributed by atoms with van der Waals surface area (Å²) in [6, 6.07) is 12.4. The summed E-state index contributed by atoms with van der Waals surface area (Å²) in [7, 11) is 1.72. The highest BCUT2D eigenvalue weighted by Crippen LogP contribution is 2.41. The van der Waals surface area contributed by atoms with Gasteiger partial charge in [0.25, 0.3) is 0 Å². The van der Waals surface area contributed by atoms with E-state index < -0.39 is 18.1 Å². The van der Waals surface area contributed by atoms with E-state index in [2.05, 4.69) is 46.3 Å². The number of amides is 3. The van der Waals surface area contributed by atoms with Gasteiger partial charge in [-0.15, -0.1) is 0 Å². The Morgan fingerprint density at radius 1 is 1.06 bits per heavy atom. The molecule has 0 spiro atoms. The summed E-state index contributed by atoms with van der Waals surface area (Å²) in [4.78, 5) is 41.7. The molecule has 3 aliphatic rings. The van der Waals surface area contributed by atoms with Crippen molar-refractivity contribution >= 4 is 28.5 Å². The molecule has 7 heteroatoms. The Morgan fingerprint density at radius 3 is 2.61 bits per heavy atom. The summed E-state index contributed by atoms with van der Waals surface area (Å²) in [6.07, 6.45) is 8.07. The number of hydrogen-bond donors (Lipinski definition) is 3. The Kier molecular flexibility index (Phi) is 6.67. The van der Waals surface area contributed by atoms with Gasteiger partial charge in [-0.2, -0.15) is 0 Å². The molecule has 3 N–H and O–H groups in total. The third kappa shape index (κ3) is 4.44. The number of fused-ring (bicyclic) bond motifs is 1. The van der Waals surface area contributed by atoms with Gasteiger partial charge in [-0.25, -0.2) is 0 Å². The molecule has 5 rings (SSSR count). The quantitative estimate of drug-likeness (QED) is 0.586. The average Bonchev–Trinajstić information content (AvgIpc) is 3.23. The van der Waals surface area contributed by atoms with Crippen molar-refractivity contribution in [2.75, 3.05) is 7.05 Å². The van der Waals surface area contributed by atoms with E-state index in [1.165, 1.54) is 0 Å². The molecule has 0 aromatic heterocycles. The van der Waals surface area contributed by atoms with Crippen LogP contribution >= 0.6 is 0 Å². The average molecular weight is 487 g/mol. The Labute approximate surface area is 212 Å². The molecule has 3 amide bonds. The van der Waals surface area contributed by atoms with Crippen LogP contribution in [-0.4, -0.2) is 53.8 Å². The molecule has 36 heavy (non-hydrogen) atoms. The van der Waals surface area contributed by atoms with Crippen molar-refractivity contribution in [3.63, 3.8) is 0 Å². The fraction of sp³-hybridized carbons (Fsp3) is 0.414. The molecule has 188 valence electrons. The Morgan fingerprint density at radius 2 is 1.83 bits per heavy atom. The van der Waals surface area contributed by atoms with E-state index in [9.17, 15) is 14.4 Å². The molecule has 6 atom stereocenters. The first-order valence-electron chi connectivity index (χ1n) is 12.8. The number of benzene rings is 2. The molecule has 2 heterocycles. The fourth-order valence-electron chi connectivity index (χ4n) is 5.75. The van der Waals surface area contributed by atoms with Gasteiger partial charge in [-0.3, -0.25) is 14.4 Å². The van der Waals surface area contributed by atoms with Crippen molar-refractivity contribution in [2.24, 2.45) is 5.92 Å². The summed E-state index contributed by atoms with van der Waals surface area (Å²) in [5.74, 6) is -0.393. The highest BCUT2D eigenvalue weighted by Gasteiger charge is 2.50. The molecule has 2 aliphatic heterocycles. The van der Waals surface area contributed by atoms with Crippen LogP contribution in [0.2, 0.25) is 0 Å². The Bertz CT molecular complexity index is 1250. The van der Waals surface area contributed by atoms with E-state index in [1.54, 1.807) is 18.9 Å². The van der Waals surface area contributed by atoms with E-state index >= 15 is 0 Å². The summed E-state index contributed by atoms with van der Waals surface area (Å²) in [6.45, 7) is 3.74. The van der Waals surface area contributed by atoms with E-state index in [0.717, 1.165) is 28.3 Å². The molecule has 4 unspecified atom stereocenters. The van der Waals surface area contributed by atoms with Gasteiger partial charge in [0.15, 0.2) is 0 Å². The van der Waals surface area contributed by atoms with Crippen LogP contribution in [0.3, 0.4) is 0 Å². The lowest BCUT2D eigenvalue weighted by molar-refractivity contribution is -0.143. The third-order valence-corrected chi connectivity index (χ3v) is 7.94. The van der Waals surface area contributed by atoms with Crippen molar-refractivity contribution in [3.8, 4) is 0 Å². The topological polar surface area (TPSA) is 90.5 Å². The number of allylic oxidation sites excluding steroid dienone is 2. The van der Waals surface area contributed by atoms with E-state index in [-0.39, 0.29) is 35.7 Å². The zero-order valence-electron chi connectivity index (χ0n) is 21.0. The third-order valence-electron chi connectivity index (χ3n) is 7.94. The van der Waals surface area contributed by atoms with Crippen LogP contribution in [0, 0.1) is 5.92 Å². The molecular weight excluding hydrogens is 452 g/mol. The van der Waals surface area contributed by atoms with Crippen LogP contribution in [0.15, 0.2) is 66.3 Å². The minimum absolute atomic E-state index is 0.127. The lowest BCUT2D eigenvalue weighted by Gasteiger charge is -2.34. The number of rotatable bonds is 6. The van der Waals surface area contributed by atoms with Gasteiger partial charge in [0, 0.05) is 12.3 Å². The Balaban J connectivity index is 1.37. The molecule has 2 fully saturated rings. The van der Waals surface area contributed by atoms with Crippen molar-refractivity contribution in [3.05, 3.63) is 71.8 Å². The molecule has 2 aromatic rings. The van der Waals surface area contributed by atoms with Gasteiger partial charge in [-0.1, -0.05) is 54.6 Å². The van der Waals surface area contributed by atoms with Crippen molar-refractivity contribution in [1.82, 2.24) is 20.9 Å². The first kappa shape index (κ1) is 24.3. The smallest absolute Gasteiger partial charge is 0.246 e. The van der Waals surface area contributed by atoms with Gasteiger partial charge >= 0.3 is 0 Å². The largest absolute Gasteiger partial charge is 0.348 e. The second-order valence-electron chi connectivity index (χ2n) is 10.2. The van der Waals surface area contributed by atoms with Crippen molar-refractivity contribution < 1.29 is 14.4 Å². The monoisotopic (exact) mass is 486 g/mol. The van der Waals surface area contributed by atoms with E-state index in [4.69, 9.17) is 0 Å². The summed E-state index contributed by atoms with van der Waals surface area (Å²) >= 11 is 0. The number of nitrogens with zero attached hydrogens (tertiary/aromatic N) is 1. The van der Waals surface area contributed by atoms with Crippen LogP contribution in [0.25, 0.3) is 10.8 Å². The normalized spacial score (nSPS) is 26.6. The predicted octanol–water partition coefficient (Wildman–Crippen LogP) is 2.99. The van der Waals surface area contributed by atoms with Crippen molar-refractivity contribution in [1.29, 1.82) is 0 Å². The number of nitrogens with one attached hydrogen (secondary N) is 3. The molecule has 0 radical (unpaired) electrons. The maximum absolute atomic E-state index is 13.8. The van der Waals surface area contributed by atoms with Crippen molar-refractivity contribution in [2.45, 2.75) is 63.3 Å². The number of carbonyl (C=O) groups excluding carboxylic acids is 3. The molecule has 1 aliphatic carbocycles. The highest BCUT2D eigenvalue weighted by molar-refractivity contribution is 5.95. The zero-order chi connectivity index (χ0) is 25.4. The maximum Gasteiger partial charge on any atom is 0.246 e. The van der Waals surface area contributed by atoms with Gasteiger partial charge < -0.3 is 20.9 Å². The summed E-state index contributed by atoms with van der Waals surface area (Å²) in [5, 5.41) is 11.3. The van der Waals surface area contributed by atoms with Crippen LogP contribution in [0.4, 0.5) is 0 Å². The summed E-state index contributed by atoms with van der Waals surface area (Å²) in [5.41, 5.74) is 2.13. The standard InChI is InChI=1S/C29H34N4O3/c1-17(21-12-11-19-7-4-5-8-22(19)15-21)31-28(35)25-16-23-10-6-9-20-13-14-24(29(36)33(25)26(20)23)32-27(34)18(2)30-3/h4-12,15,17-18,20,24-26,30H,13-14,16H2,1-3H3,(H,31,35)(H,32,34)/t17?,18?,20?,24-,25-,26?/m0/s1. The first-order chi connectivity index (χ1) is 17.4. The SMILES string of the molecule is CNC(C)C(=O)N[C@H]1CCC2C=CC=C3C[C@@H](C(=O)NC(C)c4ccc5ccccc5c4)N(C1=O)C32.